The molecule has 164 valence electrons. The van der Waals surface area contributed by atoms with Crippen LogP contribution in [0.25, 0.3) is 0 Å². The number of halogens is 2. The van der Waals surface area contributed by atoms with E-state index in [1.807, 2.05) is 6.07 Å². The van der Waals surface area contributed by atoms with Crippen LogP contribution in [-0.4, -0.2) is 14.3 Å². The van der Waals surface area contributed by atoms with Gasteiger partial charge in [-0.2, -0.15) is 5.26 Å². The van der Waals surface area contributed by atoms with Crippen molar-refractivity contribution in [3.8, 4) is 17.6 Å². The number of nitriles is 1. The van der Waals surface area contributed by atoms with Crippen LogP contribution in [0.4, 0.5) is 5.69 Å². The molecule has 3 rings (SSSR count). The number of nitrogens with two attached hydrogens (primary N) is 1. The summed E-state index contributed by atoms with van der Waals surface area (Å²) in [6, 6.07) is 15.7. The summed E-state index contributed by atoms with van der Waals surface area (Å²) in [5, 5.41) is 17.5. The smallest absolute Gasteiger partial charge is 0.238 e. The van der Waals surface area contributed by atoms with Gasteiger partial charge in [-0.25, -0.2) is 13.6 Å². The summed E-state index contributed by atoms with van der Waals surface area (Å²) >= 11 is 12.3. The van der Waals surface area contributed by atoms with Crippen molar-refractivity contribution < 1.29 is 17.9 Å². The number of hydrogen-bond acceptors (Lipinski definition) is 5. The third-order valence-electron chi connectivity index (χ3n) is 4.39. The average molecular weight is 490 g/mol. The van der Waals surface area contributed by atoms with E-state index >= 15 is 0 Å². The maximum absolute atomic E-state index is 12.4. The average Bonchev–Trinajstić information content (AvgIpc) is 2.70. The highest BCUT2D eigenvalue weighted by atomic mass is 35.5. The molecule has 32 heavy (non-hydrogen) atoms. The lowest BCUT2D eigenvalue weighted by atomic mass is 10.1. The molecule has 0 bridgehead atoms. The van der Waals surface area contributed by atoms with Crippen molar-refractivity contribution in [2.45, 2.75) is 18.2 Å². The van der Waals surface area contributed by atoms with Gasteiger partial charge >= 0.3 is 0 Å². The number of nitrogens with zero attached hydrogens (tertiary/aromatic N) is 1. The lowest BCUT2D eigenvalue weighted by Gasteiger charge is -2.11. The molecule has 3 N–H and O–H groups in total. The Morgan fingerprint density at radius 1 is 1.12 bits per heavy atom. The summed E-state index contributed by atoms with van der Waals surface area (Å²) in [7, 11) is -3.82. The SMILES string of the molecule is Cc1cc(S(N)(=O)=O)ccc1NC(=O)Cc1ccc(Oc2cc(Cl)cc(C#N)c2)c(Cl)c1. The third kappa shape index (κ3) is 5.99. The van der Waals surface area contributed by atoms with Crippen molar-refractivity contribution >= 4 is 44.8 Å². The van der Waals surface area contributed by atoms with Crippen molar-refractivity contribution in [3.05, 3.63) is 81.3 Å². The Kier molecular flexibility index (Phi) is 7.06. The Hall–Kier alpha value is -3.09. The second-order valence-electron chi connectivity index (χ2n) is 6.90. The minimum atomic E-state index is -3.82. The fourth-order valence-corrected chi connectivity index (χ4v) is 3.95. The first kappa shape index (κ1) is 23.6. The van der Waals surface area contributed by atoms with Crippen molar-refractivity contribution in [2.24, 2.45) is 5.14 Å². The molecule has 7 nitrogen and oxygen atoms in total. The number of primary sulfonamides is 1. The molecule has 0 aliphatic carbocycles. The van der Waals surface area contributed by atoms with Crippen molar-refractivity contribution in [1.29, 1.82) is 5.26 Å². The Morgan fingerprint density at radius 2 is 1.88 bits per heavy atom. The van der Waals surface area contributed by atoms with Gasteiger partial charge in [0.05, 0.1) is 28.0 Å². The number of carbonyl (C=O) groups excluding carboxylic acids is 1. The molecule has 0 saturated heterocycles. The first-order valence-corrected chi connectivity index (χ1v) is 11.5. The fourth-order valence-electron chi connectivity index (χ4n) is 2.88. The predicted molar refractivity (Wildman–Crippen MR) is 123 cm³/mol. The van der Waals surface area contributed by atoms with E-state index in [2.05, 4.69) is 5.32 Å². The maximum atomic E-state index is 12.4. The lowest BCUT2D eigenvalue weighted by molar-refractivity contribution is -0.115. The highest BCUT2D eigenvalue weighted by Crippen LogP contribution is 2.32. The number of amides is 1. The molecule has 0 aliphatic heterocycles. The van der Waals surface area contributed by atoms with Gasteiger partial charge in [0, 0.05) is 10.7 Å². The van der Waals surface area contributed by atoms with Crippen LogP contribution in [0.3, 0.4) is 0 Å². The first-order chi connectivity index (χ1) is 15.0. The Labute approximate surface area is 195 Å². The number of anilines is 1. The van der Waals surface area contributed by atoms with Crippen LogP contribution in [0.1, 0.15) is 16.7 Å². The zero-order valence-electron chi connectivity index (χ0n) is 16.7. The molecular formula is C22H17Cl2N3O4S. The minimum absolute atomic E-state index is 0.0306. The molecule has 0 saturated carbocycles. The molecule has 0 spiro atoms. The highest BCUT2D eigenvalue weighted by molar-refractivity contribution is 7.89. The van der Waals surface area contributed by atoms with Crippen molar-refractivity contribution in [3.63, 3.8) is 0 Å². The molecular weight excluding hydrogens is 473 g/mol. The van der Waals surface area contributed by atoms with Crippen LogP contribution in [0.5, 0.6) is 11.5 Å². The fraction of sp³-hybridized carbons (Fsp3) is 0.0909. The standard InChI is InChI=1S/C22H17Cl2N3O4S/c1-13-6-18(32(26,29)30)3-4-20(13)27-22(28)10-14-2-5-21(19(24)9-14)31-17-8-15(12-25)7-16(23)11-17/h2-9,11H,10H2,1H3,(H,27,28)(H2,26,29,30). The summed E-state index contributed by atoms with van der Waals surface area (Å²) < 4.78 is 28.6. The monoisotopic (exact) mass is 489 g/mol. The first-order valence-electron chi connectivity index (χ1n) is 9.15. The summed E-state index contributed by atoms with van der Waals surface area (Å²) in [6.45, 7) is 1.67. The molecule has 3 aromatic carbocycles. The molecule has 3 aromatic rings. The van der Waals surface area contributed by atoms with Gasteiger partial charge in [0.2, 0.25) is 15.9 Å². The quantitative estimate of drug-likeness (QED) is 0.514. The Balaban J connectivity index is 1.70. The van der Waals surface area contributed by atoms with E-state index in [0.717, 1.165) is 0 Å². The van der Waals surface area contributed by atoms with Gasteiger partial charge in [0.1, 0.15) is 11.5 Å². The van der Waals surface area contributed by atoms with E-state index in [0.29, 0.717) is 38.9 Å². The van der Waals surface area contributed by atoms with E-state index in [4.69, 9.17) is 38.3 Å². The Morgan fingerprint density at radius 3 is 2.50 bits per heavy atom. The van der Waals surface area contributed by atoms with Crippen LogP contribution < -0.4 is 15.2 Å². The number of ether oxygens (including phenoxy) is 1. The molecule has 0 fully saturated rings. The summed E-state index contributed by atoms with van der Waals surface area (Å²) in [6.07, 6.45) is 0.0339. The van der Waals surface area contributed by atoms with E-state index in [1.165, 1.54) is 30.3 Å². The van der Waals surface area contributed by atoms with Gasteiger partial charge < -0.3 is 10.1 Å². The molecule has 1 amide bonds. The van der Waals surface area contributed by atoms with Crippen LogP contribution in [-0.2, 0) is 21.2 Å². The number of aryl methyl sites for hydroxylation is 1. The van der Waals surface area contributed by atoms with Crippen LogP contribution >= 0.6 is 23.2 Å². The summed E-state index contributed by atoms with van der Waals surface area (Å²) in [4.78, 5) is 12.4. The van der Waals surface area contributed by atoms with Gasteiger partial charge in [-0.15, -0.1) is 0 Å². The molecule has 10 heteroatoms. The minimum Gasteiger partial charge on any atom is -0.456 e. The van der Waals surface area contributed by atoms with Crippen LogP contribution in [0.15, 0.2) is 59.5 Å². The second kappa shape index (κ2) is 9.59. The van der Waals surface area contributed by atoms with Gasteiger partial charge in [-0.05, 0) is 66.6 Å². The Bertz CT molecular complexity index is 1350. The molecule has 0 unspecified atom stereocenters. The lowest BCUT2D eigenvalue weighted by Crippen LogP contribution is -2.16. The van der Waals surface area contributed by atoms with Gasteiger partial charge in [0.25, 0.3) is 0 Å². The van der Waals surface area contributed by atoms with Gasteiger partial charge in [0.15, 0.2) is 0 Å². The van der Waals surface area contributed by atoms with Crippen molar-refractivity contribution in [1.82, 2.24) is 0 Å². The normalized spacial score (nSPS) is 11.0. The van der Waals surface area contributed by atoms with E-state index in [-0.39, 0.29) is 22.2 Å². The topological polar surface area (TPSA) is 122 Å². The molecule has 0 heterocycles. The summed E-state index contributed by atoms with van der Waals surface area (Å²) in [5.74, 6) is 0.394. The van der Waals surface area contributed by atoms with Gasteiger partial charge in [-0.1, -0.05) is 29.3 Å². The zero-order chi connectivity index (χ0) is 23.5. The highest BCUT2D eigenvalue weighted by Gasteiger charge is 2.13. The predicted octanol–water partition coefficient (Wildman–Crippen LogP) is 4.79. The van der Waals surface area contributed by atoms with Crippen molar-refractivity contribution in [2.75, 3.05) is 5.32 Å². The zero-order valence-corrected chi connectivity index (χ0v) is 19.1. The van der Waals surface area contributed by atoms with Crippen LogP contribution in [0.2, 0.25) is 10.0 Å². The molecule has 0 atom stereocenters. The van der Waals surface area contributed by atoms with E-state index in [9.17, 15) is 13.2 Å². The molecule has 0 aromatic heterocycles. The molecule has 0 radical (unpaired) electrons. The number of carbonyl (C=O) groups is 1. The number of hydrogen-bond donors (Lipinski definition) is 2. The number of rotatable bonds is 6. The second-order valence-corrected chi connectivity index (χ2v) is 9.31. The van der Waals surface area contributed by atoms with Crippen LogP contribution in [0, 0.1) is 18.3 Å². The van der Waals surface area contributed by atoms with E-state index in [1.54, 1.807) is 31.2 Å². The largest absolute Gasteiger partial charge is 0.456 e. The maximum Gasteiger partial charge on any atom is 0.238 e. The van der Waals surface area contributed by atoms with Gasteiger partial charge in [-0.3, -0.25) is 4.79 Å². The summed E-state index contributed by atoms with van der Waals surface area (Å²) in [5.41, 5.74) is 2.03. The third-order valence-corrected chi connectivity index (χ3v) is 5.81. The van der Waals surface area contributed by atoms with E-state index < -0.39 is 10.0 Å². The number of sulfonamides is 1. The number of benzene rings is 3. The molecule has 0 aliphatic rings. The number of nitrogens with one attached hydrogen (secondary N) is 1.